The van der Waals surface area contributed by atoms with Gasteiger partial charge in [0.25, 0.3) is 0 Å². The summed E-state index contributed by atoms with van der Waals surface area (Å²) in [6, 6.07) is 6.31. The van der Waals surface area contributed by atoms with Crippen molar-refractivity contribution in [1.29, 1.82) is 0 Å². The highest BCUT2D eigenvalue weighted by molar-refractivity contribution is 6.04. The molecule has 1 fully saturated rings. The summed E-state index contributed by atoms with van der Waals surface area (Å²) in [5.74, 6) is -0.0213. The standard InChI is InChI=1S/C16H24N4O/c1-18(2)12-5-4-8-20(10-12)11-6-7-13-14(9-11)19(3)16(21)15(13)17/h6-7,9,12,15H,4-5,8,10,17H2,1-3H3. The number of amides is 1. The van der Waals surface area contributed by atoms with Crippen molar-refractivity contribution in [3.63, 3.8) is 0 Å². The van der Waals surface area contributed by atoms with Crippen molar-refractivity contribution >= 4 is 17.3 Å². The second kappa shape index (κ2) is 5.31. The number of anilines is 2. The molecule has 3 rings (SSSR count). The van der Waals surface area contributed by atoms with Crippen molar-refractivity contribution < 1.29 is 4.79 Å². The van der Waals surface area contributed by atoms with Crippen LogP contribution in [-0.4, -0.2) is 51.1 Å². The molecule has 2 aliphatic heterocycles. The Morgan fingerprint density at radius 1 is 1.33 bits per heavy atom. The highest BCUT2D eigenvalue weighted by Gasteiger charge is 2.33. The fourth-order valence-corrected chi connectivity index (χ4v) is 3.35. The topological polar surface area (TPSA) is 52.8 Å². The van der Waals surface area contributed by atoms with E-state index in [4.69, 9.17) is 5.73 Å². The molecule has 5 heteroatoms. The summed E-state index contributed by atoms with van der Waals surface area (Å²) in [6.45, 7) is 2.11. The van der Waals surface area contributed by atoms with Gasteiger partial charge in [-0.2, -0.15) is 0 Å². The van der Waals surface area contributed by atoms with Crippen LogP contribution in [-0.2, 0) is 4.79 Å². The average Bonchev–Trinajstić information content (AvgIpc) is 2.72. The summed E-state index contributed by atoms with van der Waals surface area (Å²) in [7, 11) is 6.08. The molecule has 1 amide bonds. The van der Waals surface area contributed by atoms with Crippen LogP contribution < -0.4 is 15.5 Å². The van der Waals surface area contributed by atoms with E-state index in [1.165, 1.54) is 18.5 Å². The maximum Gasteiger partial charge on any atom is 0.248 e. The molecule has 0 saturated carbocycles. The SMILES string of the molecule is CN1C(=O)C(N)c2ccc(N3CCCC(N(C)C)C3)cc21. The van der Waals surface area contributed by atoms with Crippen molar-refractivity contribution in [2.24, 2.45) is 5.73 Å². The van der Waals surface area contributed by atoms with E-state index in [0.29, 0.717) is 6.04 Å². The number of carbonyl (C=O) groups is 1. The van der Waals surface area contributed by atoms with Gasteiger partial charge in [0.15, 0.2) is 0 Å². The van der Waals surface area contributed by atoms with Crippen LogP contribution in [0.5, 0.6) is 0 Å². The van der Waals surface area contributed by atoms with E-state index in [9.17, 15) is 4.79 Å². The van der Waals surface area contributed by atoms with Gasteiger partial charge in [-0.25, -0.2) is 0 Å². The predicted molar refractivity (Wildman–Crippen MR) is 85.7 cm³/mol. The monoisotopic (exact) mass is 288 g/mol. The molecule has 2 unspecified atom stereocenters. The van der Waals surface area contributed by atoms with Gasteiger partial charge in [0.2, 0.25) is 5.91 Å². The smallest absolute Gasteiger partial charge is 0.248 e. The number of rotatable bonds is 2. The van der Waals surface area contributed by atoms with E-state index in [1.54, 1.807) is 11.9 Å². The lowest BCUT2D eigenvalue weighted by Gasteiger charge is -2.37. The van der Waals surface area contributed by atoms with Crippen LogP contribution in [0.4, 0.5) is 11.4 Å². The second-order valence-corrected chi connectivity index (χ2v) is 6.32. The molecule has 2 atom stereocenters. The molecule has 21 heavy (non-hydrogen) atoms. The van der Waals surface area contributed by atoms with Crippen molar-refractivity contribution in [1.82, 2.24) is 4.90 Å². The third kappa shape index (κ3) is 2.40. The number of nitrogens with two attached hydrogens (primary N) is 1. The minimum atomic E-state index is -0.505. The number of carbonyl (C=O) groups excluding carboxylic acids is 1. The van der Waals surface area contributed by atoms with Gasteiger partial charge in [-0.1, -0.05) is 6.07 Å². The van der Waals surface area contributed by atoms with Gasteiger partial charge in [-0.05, 0) is 39.1 Å². The van der Waals surface area contributed by atoms with Crippen molar-refractivity contribution in [3.05, 3.63) is 23.8 Å². The number of hydrogen-bond acceptors (Lipinski definition) is 4. The number of benzene rings is 1. The van der Waals surface area contributed by atoms with E-state index in [2.05, 4.69) is 36.0 Å². The molecule has 1 aromatic rings. The Morgan fingerprint density at radius 3 is 2.81 bits per heavy atom. The van der Waals surface area contributed by atoms with E-state index < -0.39 is 6.04 Å². The first kappa shape index (κ1) is 14.4. The Bertz CT molecular complexity index is 557. The molecular formula is C16H24N4O. The lowest BCUT2D eigenvalue weighted by molar-refractivity contribution is -0.118. The number of likely N-dealkylation sites (N-methyl/N-ethyl adjacent to an activating group) is 2. The van der Waals surface area contributed by atoms with Crippen LogP contribution in [0.25, 0.3) is 0 Å². The van der Waals surface area contributed by atoms with Gasteiger partial charge in [-0.15, -0.1) is 0 Å². The van der Waals surface area contributed by atoms with Crippen molar-refractivity contribution in [2.45, 2.75) is 24.9 Å². The summed E-state index contributed by atoms with van der Waals surface area (Å²) >= 11 is 0. The highest BCUT2D eigenvalue weighted by Crippen LogP contribution is 2.37. The molecule has 0 spiro atoms. The van der Waals surface area contributed by atoms with E-state index >= 15 is 0 Å². The number of piperidine rings is 1. The van der Waals surface area contributed by atoms with Gasteiger partial charge in [0.05, 0.1) is 5.69 Å². The van der Waals surface area contributed by atoms with E-state index in [0.717, 1.165) is 24.3 Å². The average molecular weight is 288 g/mol. The maximum atomic E-state index is 12.0. The molecule has 1 saturated heterocycles. The Morgan fingerprint density at radius 2 is 2.10 bits per heavy atom. The molecule has 2 heterocycles. The fourth-order valence-electron chi connectivity index (χ4n) is 3.35. The Hall–Kier alpha value is -1.59. The van der Waals surface area contributed by atoms with Gasteiger partial charge >= 0.3 is 0 Å². The zero-order valence-electron chi connectivity index (χ0n) is 13.0. The zero-order chi connectivity index (χ0) is 15.1. The molecular weight excluding hydrogens is 264 g/mol. The Kier molecular flexibility index (Phi) is 3.63. The maximum absolute atomic E-state index is 12.0. The molecule has 5 nitrogen and oxygen atoms in total. The first-order chi connectivity index (χ1) is 9.99. The summed E-state index contributed by atoms with van der Waals surface area (Å²) in [5, 5.41) is 0. The van der Waals surface area contributed by atoms with Crippen LogP contribution in [0, 0.1) is 0 Å². The van der Waals surface area contributed by atoms with Gasteiger partial charge < -0.3 is 20.4 Å². The molecule has 0 aromatic heterocycles. The van der Waals surface area contributed by atoms with Crippen LogP contribution in [0.3, 0.4) is 0 Å². The van der Waals surface area contributed by atoms with Crippen LogP contribution >= 0.6 is 0 Å². The lowest BCUT2D eigenvalue weighted by atomic mass is 10.0. The summed E-state index contributed by atoms with van der Waals surface area (Å²) < 4.78 is 0. The van der Waals surface area contributed by atoms with Crippen LogP contribution in [0.2, 0.25) is 0 Å². The van der Waals surface area contributed by atoms with Crippen LogP contribution in [0.15, 0.2) is 18.2 Å². The lowest BCUT2D eigenvalue weighted by Crippen LogP contribution is -2.45. The first-order valence-corrected chi connectivity index (χ1v) is 7.57. The van der Waals surface area contributed by atoms with E-state index in [1.807, 2.05) is 6.07 Å². The number of fused-ring (bicyclic) bond motifs is 1. The first-order valence-electron chi connectivity index (χ1n) is 7.57. The summed E-state index contributed by atoms with van der Waals surface area (Å²) in [6.07, 6.45) is 2.45. The summed E-state index contributed by atoms with van der Waals surface area (Å²) in [4.78, 5) is 18.4. The number of hydrogen-bond donors (Lipinski definition) is 1. The molecule has 114 valence electrons. The Labute approximate surface area is 126 Å². The summed E-state index contributed by atoms with van der Waals surface area (Å²) in [5.41, 5.74) is 9.04. The zero-order valence-corrected chi connectivity index (χ0v) is 13.0. The molecule has 0 aliphatic carbocycles. The third-order valence-corrected chi connectivity index (χ3v) is 4.80. The molecule has 0 radical (unpaired) electrons. The molecule has 1 aromatic carbocycles. The second-order valence-electron chi connectivity index (χ2n) is 6.32. The predicted octanol–water partition coefficient (Wildman–Crippen LogP) is 1.19. The van der Waals surface area contributed by atoms with Crippen molar-refractivity contribution in [3.8, 4) is 0 Å². The molecule has 2 aliphatic rings. The van der Waals surface area contributed by atoms with Gasteiger partial charge in [0, 0.05) is 37.4 Å². The minimum absolute atomic E-state index is 0.0213. The van der Waals surface area contributed by atoms with E-state index in [-0.39, 0.29) is 5.91 Å². The van der Waals surface area contributed by atoms with Crippen LogP contribution in [0.1, 0.15) is 24.4 Å². The quantitative estimate of drug-likeness (QED) is 0.888. The highest BCUT2D eigenvalue weighted by atomic mass is 16.2. The normalized spacial score (nSPS) is 25.7. The number of nitrogens with zero attached hydrogens (tertiary/aromatic N) is 3. The van der Waals surface area contributed by atoms with Gasteiger partial charge in [-0.3, -0.25) is 4.79 Å². The third-order valence-electron chi connectivity index (χ3n) is 4.80. The largest absolute Gasteiger partial charge is 0.370 e. The fraction of sp³-hybridized carbons (Fsp3) is 0.562. The minimum Gasteiger partial charge on any atom is -0.370 e. The molecule has 2 N–H and O–H groups in total. The molecule has 0 bridgehead atoms. The van der Waals surface area contributed by atoms with Crippen molar-refractivity contribution in [2.75, 3.05) is 44.0 Å². The Balaban J connectivity index is 1.86. The van der Waals surface area contributed by atoms with Gasteiger partial charge in [0.1, 0.15) is 6.04 Å².